The van der Waals surface area contributed by atoms with Crippen molar-refractivity contribution in [1.29, 1.82) is 0 Å². The first-order chi connectivity index (χ1) is 13.2. The fourth-order valence-corrected chi connectivity index (χ4v) is 3.90. The maximum Gasteiger partial charge on any atom is 0.237 e. The molecule has 0 aliphatic carbocycles. The Morgan fingerprint density at radius 3 is 2.70 bits per heavy atom. The molecular weight excluding hydrogens is 336 g/mol. The smallest absolute Gasteiger partial charge is 0.237 e. The van der Waals surface area contributed by atoms with Gasteiger partial charge in [0.25, 0.3) is 0 Å². The summed E-state index contributed by atoms with van der Waals surface area (Å²) in [5.74, 6) is 0.975. The lowest BCUT2D eigenvalue weighted by Gasteiger charge is -2.33. The van der Waals surface area contributed by atoms with Crippen LogP contribution in [-0.4, -0.2) is 36.5 Å². The van der Waals surface area contributed by atoms with Crippen molar-refractivity contribution >= 4 is 11.5 Å². The van der Waals surface area contributed by atoms with Gasteiger partial charge < -0.3 is 10.1 Å². The Bertz CT molecular complexity index is 831. The van der Waals surface area contributed by atoms with Gasteiger partial charge in [0.15, 0.2) is 0 Å². The molecule has 2 aromatic rings. The number of hydrogen-bond acceptors (Lipinski definition) is 3. The molecule has 0 radical (unpaired) electrons. The van der Waals surface area contributed by atoms with Gasteiger partial charge in [-0.15, -0.1) is 0 Å². The van der Waals surface area contributed by atoms with Crippen LogP contribution in [-0.2, 0) is 4.79 Å². The third-order valence-electron chi connectivity index (χ3n) is 5.59. The maximum atomic E-state index is 12.9. The number of rotatable bonds is 4. The third-order valence-corrected chi connectivity index (χ3v) is 5.59. The van der Waals surface area contributed by atoms with E-state index in [4.69, 9.17) is 4.74 Å². The molecule has 2 aliphatic heterocycles. The van der Waals surface area contributed by atoms with Crippen LogP contribution < -0.4 is 10.1 Å². The number of nitrogens with one attached hydrogen (secondary N) is 1. The fraction of sp³-hybridized carbons (Fsp3) is 0.348. The quantitative estimate of drug-likeness (QED) is 0.899. The minimum atomic E-state index is -0.145. The molecule has 0 aromatic heterocycles. The van der Waals surface area contributed by atoms with Gasteiger partial charge in [-0.2, -0.15) is 0 Å². The number of para-hydroxylation sites is 1. The molecule has 1 amide bonds. The van der Waals surface area contributed by atoms with Crippen LogP contribution in [0.25, 0.3) is 5.57 Å². The second-order valence-corrected chi connectivity index (χ2v) is 7.25. The molecular formula is C23H26N2O2. The lowest BCUT2D eigenvalue weighted by Crippen LogP contribution is -2.48. The molecule has 0 saturated heterocycles. The van der Waals surface area contributed by atoms with Crippen LogP contribution >= 0.6 is 0 Å². The van der Waals surface area contributed by atoms with Gasteiger partial charge in [-0.3, -0.25) is 9.69 Å². The van der Waals surface area contributed by atoms with Gasteiger partial charge in [0.2, 0.25) is 5.91 Å². The normalized spacial score (nSPS) is 20.8. The molecule has 4 heteroatoms. The van der Waals surface area contributed by atoms with Crippen molar-refractivity contribution in [1.82, 2.24) is 10.2 Å². The number of fused-ring (bicyclic) bond motifs is 1. The highest BCUT2D eigenvalue weighted by molar-refractivity contribution is 5.82. The first-order valence-electron chi connectivity index (χ1n) is 9.73. The van der Waals surface area contributed by atoms with Crippen LogP contribution in [0.2, 0.25) is 0 Å². The van der Waals surface area contributed by atoms with E-state index in [0.717, 1.165) is 37.2 Å². The van der Waals surface area contributed by atoms with Gasteiger partial charge in [0.05, 0.1) is 18.7 Å². The predicted molar refractivity (Wildman–Crippen MR) is 108 cm³/mol. The monoisotopic (exact) mass is 362 g/mol. The van der Waals surface area contributed by atoms with Gasteiger partial charge in [-0.1, -0.05) is 54.6 Å². The van der Waals surface area contributed by atoms with Crippen molar-refractivity contribution in [3.63, 3.8) is 0 Å². The summed E-state index contributed by atoms with van der Waals surface area (Å²) in [6, 6.07) is 18.4. The van der Waals surface area contributed by atoms with E-state index >= 15 is 0 Å². The Kier molecular flexibility index (Phi) is 5.26. The van der Waals surface area contributed by atoms with Gasteiger partial charge in [-0.25, -0.2) is 0 Å². The topological polar surface area (TPSA) is 41.6 Å². The van der Waals surface area contributed by atoms with Crippen LogP contribution in [0.4, 0.5) is 0 Å². The molecule has 0 spiro atoms. The molecule has 27 heavy (non-hydrogen) atoms. The Balaban J connectivity index is 1.39. The summed E-state index contributed by atoms with van der Waals surface area (Å²) in [4.78, 5) is 15.1. The number of carbonyl (C=O) groups excluding carboxylic acids is 1. The second kappa shape index (κ2) is 7.97. The molecule has 2 aliphatic rings. The number of carbonyl (C=O) groups is 1. The molecule has 0 unspecified atom stereocenters. The largest absolute Gasteiger partial charge is 0.493 e. The Morgan fingerprint density at radius 1 is 1.15 bits per heavy atom. The number of hydrogen-bond donors (Lipinski definition) is 1. The first kappa shape index (κ1) is 17.8. The van der Waals surface area contributed by atoms with Crippen molar-refractivity contribution in [2.75, 3.05) is 19.7 Å². The molecule has 0 fully saturated rings. The zero-order chi connectivity index (χ0) is 18.6. The molecule has 4 nitrogen and oxygen atoms in total. The van der Waals surface area contributed by atoms with Crippen LogP contribution in [0, 0.1) is 0 Å². The molecule has 1 N–H and O–H groups in total. The molecule has 2 heterocycles. The highest BCUT2D eigenvalue weighted by Crippen LogP contribution is 2.31. The van der Waals surface area contributed by atoms with E-state index in [2.05, 4.69) is 40.6 Å². The first-order valence-corrected chi connectivity index (χ1v) is 9.73. The summed E-state index contributed by atoms with van der Waals surface area (Å²) < 4.78 is 5.70. The Hall–Kier alpha value is -2.59. The number of nitrogens with zero attached hydrogens (tertiary/aromatic N) is 1. The van der Waals surface area contributed by atoms with Crippen molar-refractivity contribution in [2.45, 2.75) is 31.8 Å². The zero-order valence-corrected chi connectivity index (χ0v) is 15.7. The standard InChI is InChI=1S/C23H26N2O2/c1-17(25-14-11-19(12-15-25)18-7-3-2-4-8-18)23(26)24-21-13-16-27-22-10-6-5-9-20(21)22/h2-11,17,21H,12-16H2,1H3,(H,24,26)/t17-,21+/m0/s1. The SMILES string of the molecule is C[C@@H](C(=O)N[C@@H]1CCOc2ccccc21)N1CC=C(c2ccccc2)CC1. The van der Waals surface area contributed by atoms with Gasteiger partial charge in [-0.05, 0) is 30.5 Å². The molecule has 2 aromatic carbocycles. The highest BCUT2D eigenvalue weighted by atomic mass is 16.5. The lowest BCUT2D eigenvalue weighted by atomic mass is 9.98. The number of benzene rings is 2. The summed E-state index contributed by atoms with van der Waals surface area (Å²) in [5.41, 5.74) is 3.74. The van der Waals surface area contributed by atoms with Crippen LogP contribution in [0.3, 0.4) is 0 Å². The molecule has 140 valence electrons. The van der Waals surface area contributed by atoms with E-state index in [0.29, 0.717) is 6.61 Å². The van der Waals surface area contributed by atoms with E-state index in [1.807, 2.05) is 37.3 Å². The van der Waals surface area contributed by atoms with E-state index < -0.39 is 0 Å². The number of amides is 1. The van der Waals surface area contributed by atoms with E-state index in [-0.39, 0.29) is 18.0 Å². The minimum Gasteiger partial charge on any atom is -0.493 e. The maximum absolute atomic E-state index is 12.9. The van der Waals surface area contributed by atoms with Crippen LogP contribution in [0.1, 0.15) is 36.9 Å². The van der Waals surface area contributed by atoms with Crippen molar-refractivity contribution < 1.29 is 9.53 Å². The summed E-state index contributed by atoms with van der Waals surface area (Å²) in [5, 5.41) is 3.23. The summed E-state index contributed by atoms with van der Waals surface area (Å²) >= 11 is 0. The minimum absolute atomic E-state index is 0.0325. The van der Waals surface area contributed by atoms with Crippen LogP contribution in [0.15, 0.2) is 60.7 Å². The zero-order valence-electron chi connectivity index (χ0n) is 15.7. The Labute approximate surface area is 160 Å². The second-order valence-electron chi connectivity index (χ2n) is 7.25. The van der Waals surface area contributed by atoms with Gasteiger partial charge >= 0.3 is 0 Å². The average molecular weight is 362 g/mol. The Morgan fingerprint density at radius 2 is 1.93 bits per heavy atom. The molecule has 4 rings (SSSR count). The lowest BCUT2D eigenvalue weighted by molar-refractivity contribution is -0.126. The van der Waals surface area contributed by atoms with Crippen molar-refractivity contribution in [3.8, 4) is 5.75 Å². The van der Waals surface area contributed by atoms with Gasteiger partial charge in [0.1, 0.15) is 5.75 Å². The molecule has 0 bridgehead atoms. The van der Waals surface area contributed by atoms with E-state index in [1.165, 1.54) is 11.1 Å². The molecule has 0 saturated carbocycles. The summed E-state index contributed by atoms with van der Waals surface area (Å²) in [7, 11) is 0. The van der Waals surface area contributed by atoms with E-state index in [9.17, 15) is 4.79 Å². The summed E-state index contributed by atoms with van der Waals surface area (Å²) in [6.07, 6.45) is 4.04. The van der Waals surface area contributed by atoms with E-state index in [1.54, 1.807) is 0 Å². The third kappa shape index (κ3) is 3.91. The van der Waals surface area contributed by atoms with Gasteiger partial charge in [0, 0.05) is 25.1 Å². The predicted octanol–water partition coefficient (Wildman–Crippen LogP) is 3.80. The molecule has 2 atom stereocenters. The number of ether oxygens (including phenoxy) is 1. The van der Waals surface area contributed by atoms with Crippen molar-refractivity contribution in [2.24, 2.45) is 0 Å². The van der Waals surface area contributed by atoms with Crippen LogP contribution in [0.5, 0.6) is 5.75 Å². The summed E-state index contributed by atoms with van der Waals surface area (Å²) in [6.45, 7) is 4.36. The van der Waals surface area contributed by atoms with Crippen molar-refractivity contribution in [3.05, 3.63) is 71.8 Å². The average Bonchev–Trinajstić information content (AvgIpc) is 2.74. The highest BCUT2D eigenvalue weighted by Gasteiger charge is 2.28. The fourth-order valence-electron chi connectivity index (χ4n) is 3.90.